The molecule has 1 heterocycles. The van der Waals surface area contributed by atoms with Gasteiger partial charge in [-0.25, -0.2) is 4.31 Å². The molecule has 3 nitrogen and oxygen atoms in total. The van der Waals surface area contributed by atoms with Crippen LogP contribution >= 0.6 is 35.3 Å². The second kappa shape index (κ2) is 4.47. The molecule has 0 aromatic heterocycles. The van der Waals surface area contributed by atoms with E-state index in [1.54, 1.807) is 24.3 Å². The van der Waals surface area contributed by atoms with Gasteiger partial charge in [-0.1, -0.05) is 23.4 Å². The first-order chi connectivity index (χ1) is 7.16. The average Bonchev–Trinajstić information content (AvgIpc) is 2.53. The van der Waals surface area contributed by atoms with Crippen molar-refractivity contribution in [3.8, 4) is 0 Å². The van der Waals surface area contributed by atoms with Crippen LogP contribution in [-0.4, -0.2) is 21.2 Å². The SMILES string of the molecule is O=C1CSC(=O)N1Sc1ccc(Cl)cc1. The van der Waals surface area contributed by atoms with Gasteiger partial charge >= 0.3 is 0 Å². The van der Waals surface area contributed by atoms with Crippen LogP contribution in [0.1, 0.15) is 0 Å². The number of thioether (sulfide) groups is 1. The van der Waals surface area contributed by atoms with E-state index < -0.39 is 0 Å². The minimum atomic E-state index is -0.208. The van der Waals surface area contributed by atoms with Gasteiger partial charge in [-0.3, -0.25) is 9.59 Å². The monoisotopic (exact) mass is 259 g/mol. The molecule has 2 amide bonds. The Labute approximate surface area is 100 Å². The van der Waals surface area contributed by atoms with Gasteiger partial charge in [-0.2, -0.15) is 0 Å². The molecule has 0 atom stereocenters. The van der Waals surface area contributed by atoms with Gasteiger partial charge in [-0.15, -0.1) is 0 Å². The molecule has 15 heavy (non-hydrogen) atoms. The molecule has 0 aliphatic carbocycles. The van der Waals surface area contributed by atoms with Gasteiger partial charge in [0, 0.05) is 9.92 Å². The maximum atomic E-state index is 11.3. The zero-order valence-corrected chi connectivity index (χ0v) is 9.86. The highest BCUT2D eigenvalue weighted by Crippen LogP contribution is 2.31. The molecule has 0 saturated carbocycles. The van der Waals surface area contributed by atoms with E-state index in [0.717, 1.165) is 28.6 Å². The molecule has 0 spiro atoms. The molecule has 1 aromatic rings. The normalized spacial score (nSPS) is 16.2. The van der Waals surface area contributed by atoms with E-state index >= 15 is 0 Å². The third-order valence-corrected chi connectivity index (χ3v) is 3.95. The van der Waals surface area contributed by atoms with Crippen molar-refractivity contribution in [2.75, 3.05) is 5.75 Å². The Morgan fingerprint density at radius 1 is 1.27 bits per heavy atom. The Hall–Kier alpha value is -0.650. The lowest BCUT2D eigenvalue weighted by atomic mass is 10.4. The lowest BCUT2D eigenvalue weighted by Gasteiger charge is -2.10. The quantitative estimate of drug-likeness (QED) is 0.765. The molecular formula is C9H6ClNO2S2. The number of amides is 2. The number of hydrogen-bond acceptors (Lipinski definition) is 4. The van der Waals surface area contributed by atoms with Crippen LogP contribution in [0.15, 0.2) is 29.2 Å². The lowest BCUT2D eigenvalue weighted by Crippen LogP contribution is -2.20. The van der Waals surface area contributed by atoms with Crippen LogP contribution in [0.3, 0.4) is 0 Å². The van der Waals surface area contributed by atoms with Crippen LogP contribution < -0.4 is 0 Å². The molecular weight excluding hydrogens is 254 g/mol. The number of carbonyl (C=O) groups is 2. The van der Waals surface area contributed by atoms with E-state index in [2.05, 4.69) is 0 Å². The predicted molar refractivity (Wildman–Crippen MR) is 62.0 cm³/mol. The summed E-state index contributed by atoms with van der Waals surface area (Å²) < 4.78 is 1.17. The number of carbonyl (C=O) groups excluding carboxylic acids is 2. The van der Waals surface area contributed by atoms with Gasteiger partial charge in [-0.05, 0) is 36.2 Å². The molecule has 1 saturated heterocycles. The minimum Gasteiger partial charge on any atom is -0.272 e. The van der Waals surface area contributed by atoms with E-state index in [4.69, 9.17) is 11.6 Å². The number of benzene rings is 1. The number of hydrogen-bond donors (Lipinski definition) is 0. The fraction of sp³-hybridized carbons (Fsp3) is 0.111. The molecule has 0 bridgehead atoms. The van der Waals surface area contributed by atoms with Gasteiger partial charge < -0.3 is 0 Å². The fourth-order valence-corrected chi connectivity index (χ4v) is 2.81. The third kappa shape index (κ3) is 2.48. The Bertz CT molecular complexity index is 391. The summed E-state index contributed by atoms with van der Waals surface area (Å²) in [4.78, 5) is 23.4. The Kier molecular flexibility index (Phi) is 3.23. The van der Waals surface area contributed by atoms with Crippen LogP contribution in [0.4, 0.5) is 4.79 Å². The van der Waals surface area contributed by atoms with Gasteiger partial charge in [0.1, 0.15) is 0 Å². The van der Waals surface area contributed by atoms with Crippen molar-refractivity contribution >= 4 is 46.5 Å². The maximum Gasteiger partial charge on any atom is 0.299 e. The molecule has 0 N–H and O–H groups in total. The van der Waals surface area contributed by atoms with Crippen LogP contribution in [-0.2, 0) is 4.79 Å². The maximum absolute atomic E-state index is 11.3. The van der Waals surface area contributed by atoms with Crippen molar-refractivity contribution in [2.24, 2.45) is 0 Å². The largest absolute Gasteiger partial charge is 0.299 e. The zero-order chi connectivity index (χ0) is 10.8. The first-order valence-electron chi connectivity index (χ1n) is 4.10. The second-order valence-electron chi connectivity index (χ2n) is 2.79. The summed E-state index contributed by atoms with van der Waals surface area (Å²) in [7, 11) is 0. The predicted octanol–water partition coefficient (Wildman–Crippen LogP) is 3.04. The summed E-state index contributed by atoms with van der Waals surface area (Å²) in [5.74, 6) is 0.0735. The van der Waals surface area contributed by atoms with Gasteiger partial charge in [0.25, 0.3) is 11.1 Å². The molecule has 2 rings (SSSR count). The molecule has 1 aliphatic rings. The van der Waals surface area contributed by atoms with Crippen LogP contribution in [0.2, 0.25) is 5.02 Å². The van der Waals surface area contributed by atoms with Crippen molar-refractivity contribution in [2.45, 2.75) is 4.90 Å². The van der Waals surface area contributed by atoms with Crippen molar-refractivity contribution in [3.63, 3.8) is 0 Å². The Balaban J connectivity index is 2.11. The highest BCUT2D eigenvalue weighted by Gasteiger charge is 2.30. The molecule has 78 valence electrons. The third-order valence-electron chi connectivity index (χ3n) is 1.72. The second-order valence-corrected chi connectivity index (χ2v) is 5.17. The van der Waals surface area contributed by atoms with Crippen molar-refractivity contribution < 1.29 is 9.59 Å². The average molecular weight is 260 g/mol. The molecule has 0 radical (unpaired) electrons. The topological polar surface area (TPSA) is 37.4 Å². The summed E-state index contributed by atoms with van der Waals surface area (Å²) in [5.41, 5.74) is 0. The van der Waals surface area contributed by atoms with E-state index in [0.29, 0.717) is 5.02 Å². The van der Waals surface area contributed by atoms with Crippen molar-refractivity contribution in [3.05, 3.63) is 29.3 Å². The number of nitrogens with zero attached hydrogens (tertiary/aromatic N) is 1. The Morgan fingerprint density at radius 3 is 2.47 bits per heavy atom. The minimum absolute atomic E-state index is 0.162. The van der Waals surface area contributed by atoms with Crippen LogP contribution in [0, 0.1) is 0 Å². The van der Waals surface area contributed by atoms with Crippen molar-refractivity contribution in [1.82, 2.24) is 4.31 Å². The summed E-state index contributed by atoms with van der Waals surface area (Å²) in [5, 5.41) is 0.424. The zero-order valence-electron chi connectivity index (χ0n) is 7.47. The van der Waals surface area contributed by atoms with Gasteiger partial charge in [0.15, 0.2) is 0 Å². The molecule has 6 heteroatoms. The Morgan fingerprint density at radius 2 is 1.93 bits per heavy atom. The summed E-state index contributed by atoms with van der Waals surface area (Å²) in [6.45, 7) is 0. The molecule has 1 fully saturated rings. The summed E-state index contributed by atoms with van der Waals surface area (Å²) in [6, 6.07) is 7.00. The van der Waals surface area contributed by atoms with Crippen LogP contribution in [0.5, 0.6) is 0 Å². The number of halogens is 1. The highest BCUT2D eigenvalue weighted by molar-refractivity contribution is 8.16. The first kappa shape index (κ1) is 10.9. The molecule has 1 aliphatic heterocycles. The van der Waals surface area contributed by atoms with E-state index in [1.807, 2.05) is 0 Å². The highest BCUT2D eigenvalue weighted by atomic mass is 35.5. The van der Waals surface area contributed by atoms with Gasteiger partial charge in [0.2, 0.25) is 0 Å². The summed E-state index contributed by atoms with van der Waals surface area (Å²) in [6.07, 6.45) is 0. The molecule has 0 unspecified atom stereocenters. The lowest BCUT2D eigenvalue weighted by molar-refractivity contribution is -0.120. The van der Waals surface area contributed by atoms with E-state index in [9.17, 15) is 9.59 Å². The van der Waals surface area contributed by atoms with E-state index in [-0.39, 0.29) is 16.9 Å². The number of imide groups is 1. The summed E-state index contributed by atoms with van der Waals surface area (Å²) >= 11 is 7.88. The van der Waals surface area contributed by atoms with Crippen LogP contribution in [0.25, 0.3) is 0 Å². The van der Waals surface area contributed by atoms with E-state index in [1.165, 1.54) is 4.31 Å². The smallest absolute Gasteiger partial charge is 0.272 e. The fourth-order valence-electron chi connectivity index (χ4n) is 1.03. The van der Waals surface area contributed by atoms with Gasteiger partial charge in [0.05, 0.1) is 5.75 Å². The van der Waals surface area contributed by atoms with Crippen molar-refractivity contribution in [1.29, 1.82) is 0 Å². The molecule has 1 aromatic carbocycles. The standard InChI is InChI=1S/C9H6ClNO2S2/c10-6-1-3-7(4-2-6)15-11-8(12)5-14-9(11)13/h1-4H,5H2. The number of rotatable bonds is 2. The first-order valence-corrected chi connectivity index (χ1v) is 6.24.